The molecule has 13 atom stereocenters. The number of ether oxygens (including phenoxy) is 3. The van der Waals surface area contributed by atoms with E-state index in [1.165, 1.54) is 20.8 Å². The van der Waals surface area contributed by atoms with E-state index in [4.69, 9.17) is 14.2 Å². The summed E-state index contributed by atoms with van der Waals surface area (Å²) in [6.45, 7) is 12.3. The Labute approximate surface area is 194 Å². The van der Waals surface area contributed by atoms with Gasteiger partial charge in [0.05, 0.1) is 5.92 Å². The minimum Gasteiger partial charge on any atom is -0.463 e. The molecule has 4 unspecified atom stereocenters. The van der Waals surface area contributed by atoms with Crippen LogP contribution in [0.4, 0.5) is 0 Å². The van der Waals surface area contributed by atoms with E-state index in [1.807, 2.05) is 0 Å². The van der Waals surface area contributed by atoms with Gasteiger partial charge in [0.25, 0.3) is 0 Å². The summed E-state index contributed by atoms with van der Waals surface area (Å²) in [5.41, 5.74) is 0.980. The van der Waals surface area contributed by atoms with Crippen molar-refractivity contribution in [1.29, 1.82) is 0 Å². The average Bonchev–Trinajstić information content (AvgIpc) is 3.08. The zero-order valence-electron chi connectivity index (χ0n) is 19.8. The van der Waals surface area contributed by atoms with E-state index in [9.17, 15) is 14.4 Å². The van der Waals surface area contributed by atoms with E-state index < -0.39 is 0 Å². The number of fused-ring (bicyclic) bond motifs is 1. The van der Waals surface area contributed by atoms with Gasteiger partial charge in [-0.25, -0.2) is 0 Å². The Morgan fingerprint density at radius 1 is 0.939 bits per heavy atom. The number of piperidine rings is 2. The van der Waals surface area contributed by atoms with Crippen LogP contribution in [0.2, 0.25) is 0 Å². The minimum absolute atomic E-state index is 0.0717. The van der Waals surface area contributed by atoms with E-state index in [0.717, 1.165) is 37.8 Å². The highest BCUT2D eigenvalue weighted by atomic mass is 16.6. The van der Waals surface area contributed by atoms with Crippen molar-refractivity contribution in [2.24, 2.45) is 39.9 Å². The summed E-state index contributed by atoms with van der Waals surface area (Å²) < 4.78 is 18.2. The molecule has 33 heavy (non-hydrogen) atoms. The Morgan fingerprint density at radius 2 is 1.61 bits per heavy atom. The van der Waals surface area contributed by atoms with Crippen LogP contribution in [-0.2, 0) is 28.6 Å². The van der Waals surface area contributed by atoms with Gasteiger partial charge in [-0.15, -0.1) is 0 Å². The van der Waals surface area contributed by atoms with Crippen LogP contribution in [0.15, 0.2) is 12.2 Å². The monoisotopic (exact) mass is 455 g/mol. The second-order valence-corrected chi connectivity index (χ2v) is 12.5. The molecular formula is C26H33NO6. The molecule has 0 aromatic heterocycles. The Hall–Kier alpha value is -1.89. The van der Waals surface area contributed by atoms with Gasteiger partial charge in [-0.2, -0.15) is 0 Å². The lowest BCUT2D eigenvalue weighted by atomic mass is 9.39. The van der Waals surface area contributed by atoms with Crippen LogP contribution in [0.3, 0.4) is 0 Å². The summed E-state index contributed by atoms with van der Waals surface area (Å²) in [6, 6.07) is 0.780. The predicted molar refractivity (Wildman–Crippen MR) is 115 cm³/mol. The standard InChI is InChI=1S/C26H33NO6/c1-11-6-25-9-16-21-24(5)7-15(31-12(2)28)8-26(21)22(25)20(33-14(4)30)17(11)19(32-13(3)29)18(25)23(26)27(16)10-24/h15-23H,1,6-10H2,2-5H3/t15-,16-,17-,18?,19?,20+,21+,22+,23?,24-,25-,26-/m0/s1. The molecule has 9 fully saturated rings. The third-order valence-corrected chi connectivity index (χ3v) is 11.0. The summed E-state index contributed by atoms with van der Waals surface area (Å²) in [4.78, 5) is 39.4. The third-order valence-electron chi connectivity index (χ3n) is 11.0. The van der Waals surface area contributed by atoms with Gasteiger partial charge in [0.2, 0.25) is 0 Å². The molecule has 2 spiro atoms. The molecule has 0 aromatic rings. The molecule has 0 N–H and O–H groups in total. The average molecular weight is 456 g/mol. The number of carbonyl (C=O) groups is 3. The fourth-order valence-electron chi connectivity index (χ4n) is 11.6. The van der Waals surface area contributed by atoms with Gasteiger partial charge in [0, 0.05) is 56.7 Å². The molecule has 0 radical (unpaired) electrons. The summed E-state index contributed by atoms with van der Waals surface area (Å²) in [5.74, 6) is -0.0535. The van der Waals surface area contributed by atoms with Gasteiger partial charge in [-0.05, 0) is 42.4 Å². The Kier molecular flexibility index (Phi) is 3.62. The molecule has 0 aromatic carbocycles. The van der Waals surface area contributed by atoms with Crippen molar-refractivity contribution >= 4 is 17.9 Å². The van der Waals surface area contributed by atoms with E-state index in [1.54, 1.807) is 0 Å². The predicted octanol–water partition coefficient (Wildman–Crippen LogP) is 2.48. The fourth-order valence-corrected chi connectivity index (χ4v) is 11.6. The summed E-state index contributed by atoms with van der Waals surface area (Å²) in [6.07, 6.45) is 2.92. The second kappa shape index (κ2) is 5.84. The number of carbonyl (C=O) groups excluding carboxylic acids is 3. The molecule has 3 saturated heterocycles. The number of hydrogen-bond donors (Lipinski definition) is 0. The van der Waals surface area contributed by atoms with Gasteiger partial charge in [-0.1, -0.05) is 19.1 Å². The Balaban J connectivity index is 1.44. The highest BCUT2D eigenvalue weighted by Crippen LogP contribution is 2.87. The molecule has 7 nitrogen and oxygen atoms in total. The lowest BCUT2D eigenvalue weighted by Crippen LogP contribution is -2.69. The van der Waals surface area contributed by atoms with Crippen molar-refractivity contribution in [3.63, 3.8) is 0 Å². The summed E-state index contributed by atoms with van der Waals surface area (Å²) in [5, 5.41) is 0. The lowest BCUT2D eigenvalue weighted by molar-refractivity contribution is -0.231. The van der Waals surface area contributed by atoms with Gasteiger partial charge in [0.15, 0.2) is 0 Å². The van der Waals surface area contributed by atoms with Crippen molar-refractivity contribution in [2.75, 3.05) is 6.54 Å². The van der Waals surface area contributed by atoms with Crippen molar-refractivity contribution in [1.82, 2.24) is 4.90 Å². The van der Waals surface area contributed by atoms with Gasteiger partial charge >= 0.3 is 17.9 Å². The zero-order valence-corrected chi connectivity index (χ0v) is 19.8. The summed E-state index contributed by atoms with van der Waals surface area (Å²) in [7, 11) is 0. The van der Waals surface area contributed by atoms with Gasteiger partial charge in [0.1, 0.15) is 18.3 Å². The first-order valence-electron chi connectivity index (χ1n) is 12.5. The number of rotatable bonds is 3. The smallest absolute Gasteiger partial charge is 0.302 e. The third kappa shape index (κ3) is 2.07. The van der Waals surface area contributed by atoms with Crippen LogP contribution in [0, 0.1) is 39.9 Å². The molecule has 6 aliphatic carbocycles. The normalized spacial score (nSPS) is 57.9. The highest BCUT2D eigenvalue weighted by molar-refractivity contribution is 5.68. The van der Waals surface area contributed by atoms with Crippen LogP contribution < -0.4 is 0 Å². The molecule has 0 amide bonds. The Morgan fingerprint density at radius 3 is 2.27 bits per heavy atom. The van der Waals surface area contributed by atoms with Crippen molar-refractivity contribution in [3.05, 3.63) is 12.2 Å². The first-order chi connectivity index (χ1) is 15.5. The molecule has 3 aliphatic heterocycles. The molecule has 9 aliphatic rings. The van der Waals surface area contributed by atoms with E-state index in [0.29, 0.717) is 12.0 Å². The van der Waals surface area contributed by atoms with Crippen LogP contribution in [0.25, 0.3) is 0 Å². The molecule has 9 rings (SSSR count). The molecule has 3 heterocycles. The van der Waals surface area contributed by atoms with E-state index >= 15 is 0 Å². The molecule has 178 valence electrons. The topological polar surface area (TPSA) is 82.1 Å². The quantitative estimate of drug-likeness (QED) is 0.367. The minimum atomic E-state index is -0.337. The Bertz CT molecular complexity index is 1020. The van der Waals surface area contributed by atoms with Crippen LogP contribution in [0.5, 0.6) is 0 Å². The van der Waals surface area contributed by atoms with Crippen molar-refractivity contribution in [2.45, 2.75) is 83.8 Å². The van der Waals surface area contributed by atoms with Gasteiger partial charge < -0.3 is 14.2 Å². The largest absolute Gasteiger partial charge is 0.463 e. The maximum Gasteiger partial charge on any atom is 0.302 e. The SMILES string of the molecule is C=C1C[C@]23C[C@H]4[C@@H]5[C@@]6(C)C[C@H](OC(C)=O)C[C@]57C(C2C(OC(C)=O)[C@H]1[C@@H](OC(C)=O)[C@H]37)N4C6. The van der Waals surface area contributed by atoms with E-state index in [2.05, 4.69) is 18.4 Å². The molecule has 7 heteroatoms. The lowest BCUT2D eigenvalue weighted by Gasteiger charge is -2.66. The fraction of sp³-hybridized carbons (Fsp3) is 0.808. The molecule has 9 bridgehead atoms. The zero-order chi connectivity index (χ0) is 23.2. The number of hydrogen-bond acceptors (Lipinski definition) is 7. The van der Waals surface area contributed by atoms with Crippen LogP contribution in [-0.4, -0.2) is 59.7 Å². The van der Waals surface area contributed by atoms with E-state index in [-0.39, 0.29) is 76.3 Å². The molecule has 6 saturated carbocycles. The van der Waals surface area contributed by atoms with Crippen molar-refractivity contribution < 1.29 is 28.6 Å². The first-order valence-corrected chi connectivity index (χ1v) is 12.5. The second-order valence-electron chi connectivity index (χ2n) is 12.5. The molecular weight excluding hydrogens is 422 g/mol. The maximum absolute atomic E-state index is 12.4. The van der Waals surface area contributed by atoms with Crippen LogP contribution >= 0.6 is 0 Å². The van der Waals surface area contributed by atoms with Gasteiger partial charge in [-0.3, -0.25) is 19.3 Å². The number of esters is 3. The van der Waals surface area contributed by atoms with Crippen LogP contribution in [0.1, 0.15) is 53.4 Å². The highest BCUT2D eigenvalue weighted by Gasteiger charge is 2.91. The maximum atomic E-state index is 12.4. The number of nitrogens with zero attached hydrogens (tertiary/aromatic N) is 1. The summed E-state index contributed by atoms with van der Waals surface area (Å²) >= 11 is 0. The first kappa shape index (κ1) is 20.5. The van der Waals surface area contributed by atoms with Crippen molar-refractivity contribution in [3.8, 4) is 0 Å².